The lowest BCUT2D eigenvalue weighted by Crippen LogP contribution is -1.88. The molecule has 2 aromatic rings. The molecule has 0 aliphatic rings. The van der Waals surface area contributed by atoms with Crippen LogP contribution in [-0.2, 0) is 6.42 Å². The van der Waals surface area contributed by atoms with E-state index in [-0.39, 0.29) is 5.78 Å². The summed E-state index contributed by atoms with van der Waals surface area (Å²) in [5.74, 6) is 0.0672. The van der Waals surface area contributed by atoms with E-state index in [2.05, 4.69) is 38.8 Å². The Kier molecular flexibility index (Phi) is 5.57. The van der Waals surface area contributed by atoms with E-state index in [4.69, 9.17) is 0 Å². The van der Waals surface area contributed by atoms with E-state index in [0.717, 1.165) is 31.5 Å². The van der Waals surface area contributed by atoms with Gasteiger partial charge in [-0.25, -0.2) is 0 Å². The fourth-order valence-electron chi connectivity index (χ4n) is 1.58. The summed E-state index contributed by atoms with van der Waals surface area (Å²) in [6.07, 6.45) is 5.61. The third kappa shape index (κ3) is 4.12. The third-order valence-corrected chi connectivity index (χ3v) is 6.30. The molecule has 0 aromatic carbocycles. The van der Waals surface area contributed by atoms with Crippen molar-refractivity contribution in [1.29, 1.82) is 0 Å². The Bertz CT molecular complexity index is 611. The molecule has 2 heterocycles. The van der Waals surface area contributed by atoms with Crippen molar-refractivity contribution in [2.75, 3.05) is 0 Å². The Morgan fingerprint density at radius 3 is 2.79 bits per heavy atom. The van der Waals surface area contributed by atoms with E-state index in [1.165, 1.54) is 4.88 Å². The second-order valence-electron chi connectivity index (χ2n) is 4.00. The van der Waals surface area contributed by atoms with Gasteiger partial charge in [-0.1, -0.05) is 13.3 Å². The average Bonchev–Trinajstić information content (AvgIpc) is 2.94. The SMILES string of the molecule is CCCc1sc(C(=O)/C=C/c2cc(Br)cs2)cc1Br. The molecular weight excluding hydrogens is 408 g/mol. The monoisotopic (exact) mass is 418 g/mol. The highest BCUT2D eigenvalue weighted by Crippen LogP contribution is 2.29. The summed E-state index contributed by atoms with van der Waals surface area (Å²) in [5, 5.41) is 2.01. The number of carbonyl (C=O) groups is 1. The van der Waals surface area contributed by atoms with Gasteiger partial charge in [-0.2, -0.15) is 0 Å². The first-order valence-electron chi connectivity index (χ1n) is 5.84. The van der Waals surface area contributed by atoms with Crippen molar-refractivity contribution in [3.8, 4) is 0 Å². The van der Waals surface area contributed by atoms with Crippen molar-refractivity contribution >= 4 is 66.4 Å². The average molecular weight is 420 g/mol. The van der Waals surface area contributed by atoms with Crippen LogP contribution >= 0.6 is 54.5 Å². The summed E-state index contributed by atoms with van der Waals surface area (Å²) < 4.78 is 2.10. The molecule has 0 saturated heterocycles. The topological polar surface area (TPSA) is 17.1 Å². The van der Waals surface area contributed by atoms with Gasteiger partial charge in [0.1, 0.15) is 0 Å². The fourth-order valence-corrected chi connectivity index (χ4v) is 4.81. The molecule has 5 heteroatoms. The molecular formula is C14H12Br2OS2. The molecule has 0 radical (unpaired) electrons. The minimum Gasteiger partial charge on any atom is -0.288 e. The predicted octanol–water partition coefficient (Wildman–Crippen LogP) is 6.18. The lowest BCUT2D eigenvalue weighted by atomic mass is 10.2. The van der Waals surface area contributed by atoms with Crippen molar-refractivity contribution < 1.29 is 4.79 Å². The van der Waals surface area contributed by atoms with Gasteiger partial charge < -0.3 is 0 Å². The smallest absolute Gasteiger partial charge is 0.195 e. The minimum absolute atomic E-state index is 0.0672. The maximum atomic E-state index is 12.1. The van der Waals surface area contributed by atoms with Crippen molar-refractivity contribution in [2.24, 2.45) is 0 Å². The van der Waals surface area contributed by atoms with E-state index in [9.17, 15) is 4.79 Å². The number of hydrogen-bond acceptors (Lipinski definition) is 3. The molecule has 2 rings (SSSR count). The number of rotatable bonds is 5. The zero-order valence-electron chi connectivity index (χ0n) is 10.3. The number of thiophene rings is 2. The number of halogens is 2. The van der Waals surface area contributed by atoms with Gasteiger partial charge in [0.05, 0.1) is 4.88 Å². The van der Waals surface area contributed by atoms with Gasteiger partial charge in [0, 0.05) is 24.1 Å². The van der Waals surface area contributed by atoms with Crippen molar-refractivity contribution in [3.05, 3.63) is 47.2 Å². The normalized spacial score (nSPS) is 11.3. The maximum Gasteiger partial charge on any atom is 0.195 e. The number of carbonyl (C=O) groups excluding carboxylic acids is 1. The summed E-state index contributed by atoms with van der Waals surface area (Å²) >= 11 is 10.1. The van der Waals surface area contributed by atoms with Crippen LogP contribution in [0, 0.1) is 0 Å². The molecule has 0 spiro atoms. The van der Waals surface area contributed by atoms with Gasteiger partial charge in [0.25, 0.3) is 0 Å². The third-order valence-electron chi connectivity index (χ3n) is 2.46. The van der Waals surface area contributed by atoms with Crippen molar-refractivity contribution in [1.82, 2.24) is 0 Å². The van der Waals surface area contributed by atoms with Crippen LogP contribution in [0.5, 0.6) is 0 Å². The van der Waals surface area contributed by atoms with E-state index < -0.39 is 0 Å². The largest absolute Gasteiger partial charge is 0.288 e. The standard InChI is InChI=1S/C14H12Br2OS2/c1-2-3-13-11(16)7-14(19-13)12(17)5-4-10-6-9(15)8-18-10/h4-8H,2-3H2,1H3/b5-4+. The maximum absolute atomic E-state index is 12.1. The number of allylic oxidation sites excluding steroid dienone is 1. The molecule has 0 fully saturated rings. The molecule has 0 N–H and O–H groups in total. The Balaban J connectivity index is 2.11. The fraction of sp³-hybridized carbons (Fsp3) is 0.214. The highest BCUT2D eigenvalue weighted by Gasteiger charge is 2.10. The van der Waals surface area contributed by atoms with Gasteiger partial charge in [-0.05, 0) is 62.6 Å². The number of hydrogen-bond donors (Lipinski definition) is 0. The zero-order valence-corrected chi connectivity index (χ0v) is 15.1. The number of ketones is 1. The van der Waals surface area contributed by atoms with E-state index >= 15 is 0 Å². The minimum atomic E-state index is 0.0672. The first-order valence-corrected chi connectivity index (χ1v) is 9.13. The first-order chi connectivity index (χ1) is 9.10. The molecule has 1 nitrogen and oxygen atoms in total. The van der Waals surface area contributed by atoms with Gasteiger partial charge in [0.15, 0.2) is 5.78 Å². The zero-order chi connectivity index (χ0) is 13.8. The van der Waals surface area contributed by atoms with E-state index in [0.29, 0.717) is 0 Å². The second kappa shape index (κ2) is 6.97. The highest BCUT2D eigenvalue weighted by molar-refractivity contribution is 9.10. The van der Waals surface area contributed by atoms with Gasteiger partial charge in [0.2, 0.25) is 0 Å². The first kappa shape index (κ1) is 15.2. The Labute approximate surface area is 137 Å². The van der Waals surface area contributed by atoms with Crippen LogP contribution in [0.25, 0.3) is 6.08 Å². The summed E-state index contributed by atoms with van der Waals surface area (Å²) in [5.41, 5.74) is 0. The molecule has 2 aromatic heterocycles. The summed E-state index contributed by atoms with van der Waals surface area (Å²) in [7, 11) is 0. The van der Waals surface area contributed by atoms with E-state index in [1.54, 1.807) is 28.7 Å². The summed E-state index contributed by atoms with van der Waals surface area (Å²) in [6.45, 7) is 2.14. The Hall–Kier alpha value is -0.230. The summed E-state index contributed by atoms with van der Waals surface area (Å²) in [4.78, 5) is 15.2. The molecule has 0 amide bonds. The Morgan fingerprint density at radius 1 is 1.37 bits per heavy atom. The van der Waals surface area contributed by atoms with Crippen LogP contribution in [0.4, 0.5) is 0 Å². The van der Waals surface area contributed by atoms with Crippen LogP contribution in [-0.4, -0.2) is 5.78 Å². The van der Waals surface area contributed by atoms with Crippen LogP contribution in [0.2, 0.25) is 0 Å². The lowest BCUT2D eigenvalue weighted by molar-refractivity contribution is 0.105. The second-order valence-corrected chi connectivity index (χ2v) is 7.85. The van der Waals surface area contributed by atoms with Crippen LogP contribution in [0.15, 0.2) is 32.5 Å². The molecule has 19 heavy (non-hydrogen) atoms. The predicted molar refractivity (Wildman–Crippen MR) is 91.4 cm³/mol. The molecule has 0 bridgehead atoms. The van der Waals surface area contributed by atoms with Gasteiger partial charge >= 0.3 is 0 Å². The number of aryl methyl sites for hydroxylation is 1. The molecule has 0 aliphatic carbocycles. The molecule has 0 unspecified atom stereocenters. The van der Waals surface area contributed by atoms with Gasteiger partial charge in [-0.3, -0.25) is 4.79 Å². The van der Waals surface area contributed by atoms with Crippen LogP contribution < -0.4 is 0 Å². The lowest BCUT2D eigenvalue weighted by Gasteiger charge is -1.91. The quantitative estimate of drug-likeness (QED) is 0.417. The summed E-state index contributed by atoms with van der Waals surface area (Å²) in [6, 6.07) is 3.92. The molecule has 0 aliphatic heterocycles. The van der Waals surface area contributed by atoms with Gasteiger partial charge in [-0.15, -0.1) is 22.7 Å². The van der Waals surface area contributed by atoms with Crippen molar-refractivity contribution in [3.63, 3.8) is 0 Å². The van der Waals surface area contributed by atoms with Crippen LogP contribution in [0.1, 0.15) is 32.8 Å². The molecule has 100 valence electrons. The highest BCUT2D eigenvalue weighted by atomic mass is 79.9. The molecule has 0 atom stereocenters. The van der Waals surface area contributed by atoms with Crippen LogP contribution in [0.3, 0.4) is 0 Å². The van der Waals surface area contributed by atoms with Crippen molar-refractivity contribution in [2.45, 2.75) is 19.8 Å². The molecule has 0 saturated carbocycles. The van der Waals surface area contributed by atoms with E-state index in [1.807, 2.05) is 23.6 Å². The Morgan fingerprint density at radius 2 is 2.16 bits per heavy atom.